The highest BCUT2D eigenvalue weighted by molar-refractivity contribution is 5.36. The van der Waals surface area contributed by atoms with E-state index < -0.39 is 0 Å². The Morgan fingerprint density at radius 1 is 1.29 bits per heavy atom. The molecule has 17 heavy (non-hydrogen) atoms. The van der Waals surface area contributed by atoms with Gasteiger partial charge in [0.05, 0.1) is 5.57 Å². The molecule has 0 radical (unpaired) electrons. The second-order valence-corrected chi connectivity index (χ2v) is 3.17. The van der Waals surface area contributed by atoms with Crippen LogP contribution in [0.4, 0.5) is 0 Å². The van der Waals surface area contributed by atoms with Crippen molar-refractivity contribution in [2.24, 2.45) is 0 Å². The molecular formula is C14H26N2O. The molecule has 0 N–H and O–H groups in total. The molecule has 0 aliphatic rings. The Bertz CT molecular complexity index is 253. The van der Waals surface area contributed by atoms with Gasteiger partial charge in [0.25, 0.3) is 0 Å². The Balaban J connectivity index is 0. The number of rotatable bonds is 8. The summed E-state index contributed by atoms with van der Waals surface area (Å²) in [5.41, 5.74) is 1.16. The van der Waals surface area contributed by atoms with Crippen molar-refractivity contribution >= 4 is 0 Å². The quantitative estimate of drug-likeness (QED) is 0.369. The van der Waals surface area contributed by atoms with Crippen LogP contribution in [-0.4, -0.2) is 31.2 Å². The van der Waals surface area contributed by atoms with Gasteiger partial charge in [0.1, 0.15) is 6.07 Å². The number of nitriles is 1. The van der Waals surface area contributed by atoms with Crippen LogP contribution in [0.25, 0.3) is 0 Å². The molecule has 0 rings (SSSR count). The lowest BCUT2D eigenvalue weighted by atomic mass is 10.2. The predicted octanol–water partition coefficient (Wildman–Crippen LogP) is 3.35. The van der Waals surface area contributed by atoms with E-state index in [2.05, 4.69) is 13.2 Å². The lowest BCUT2D eigenvalue weighted by molar-refractivity contribution is 0.137. The highest BCUT2D eigenvalue weighted by atomic mass is 16.5. The van der Waals surface area contributed by atoms with E-state index in [0.29, 0.717) is 5.57 Å². The first-order valence-electron chi connectivity index (χ1n) is 6.28. The summed E-state index contributed by atoms with van der Waals surface area (Å²) in [5, 5.41) is 8.70. The lowest BCUT2D eigenvalue weighted by Gasteiger charge is -2.24. The molecule has 0 fully saturated rings. The fourth-order valence-electron chi connectivity index (χ4n) is 1.24. The number of nitrogens with zero attached hydrogens (tertiary/aromatic N) is 2. The van der Waals surface area contributed by atoms with Gasteiger partial charge in [-0.15, -0.1) is 0 Å². The second kappa shape index (κ2) is 12.8. The summed E-state index contributed by atoms with van der Waals surface area (Å²) in [6.45, 7) is 18.7. The molecule has 0 aromatic rings. The summed E-state index contributed by atoms with van der Waals surface area (Å²) in [4.78, 5) is 2.05. The Kier molecular flexibility index (Phi) is 13.6. The van der Waals surface area contributed by atoms with Gasteiger partial charge < -0.3 is 9.64 Å². The van der Waals surface area contributed by atoms with Crippen molar-refractivity contribution in [3.63, 3.8) is 0 Å². The molecule has 0 spiro atoms. The standard InChI is InChI=1S/C12H20N2O.C2H6/c1-5-14(8-7-9-15-6-2)12(4)11(3)10-13;1-2/h3-9H2,1-2H3;1-2H3. The Morgan fingerprint density at radius 3 is 2.29 bits per heavy atom. The zero-order valence-electron chi connectivity index (χ0n) is 11.8. The maximum atomic E-state index is 8.70. The van der Waals surface area contributed by atoms with Crippen LogP contribution in [0.3, 0.4) is 0 Å². The van der Waals surface area contributed by atoms with Gasteiger partial charge in [-0.05, 0) is 20.3 Å². The number of hydrogen-bond acceptors (Lipinski definition) is 3. The average Bonchev–Trinajstić information content (AvgIpc) is 2.39. The van der Waals surface area contributed by atoms with E-state index in [9.17, 15) is 0 Å². The van der Waals surface area contributed by atoms with Gasteiger partial charge in [0.15, 0.2) is 0 Å². The van der Waals surface area contributed by atoms with Gasteiger partial charge in [0, 0.05) is 32.0 Å². The van der Waals surface area contributed by atoms with Crippen molar-refractivity contribution < 1.29 is 4.74 Å². The molecule has 3 heteroatoms. The van der Waals surface area contributed by atoms with E-state index in [-0.39, 0.29) is 0 Å². The molecular weight excluding hydrogens is 212 g/mol. The summed E-state index contributed by atoms with van der Waals surface area (Å²) in [5.74, 6) is 0. The van der Waals surface area contributed by atoms with E-state index in [4.69, 9.17) is 10.00 Å². The molecule has 0 aliphatic heterocycles. The topological polar surface area (TPSA) is 36.3 Å². The van der Waals surface area contributed by atoms with Gasteiger partial charge in [-0.3, -0.25) is 0 Å². The van der Waals surface area contributed by atoms with Crippen molar-refractivity contribution in [1.29, 1.82) is 5.26 Å². The molecule has 0 amide bonds. The predicted molar refractivity (Wildman–Crippen MR) is 73.6 cm³/mol. The van der Waals surface area contributed by atoms with Gasteiger partial charge in [0.2, 0.25) is 0 Å². The van der Waals surface area contributed by atoms with Gasteiger partial charge in [-0.1, -0.05) is 27.0 Å². The van der Waals surface area contributed by atoms with Crippen molar-refractivity contribution in [3.8, 4) is 6.07 Å². The Hall–Kier alpha value is -1.27. The number of ether oxygens (including phenoxy) is 1. The monoisotopic (exact) mass is 238 g/mol. The number of allylic oxidation sites excluding steroid dienone is 1. The molecule has 3 nitrogen and oxygen atoms in total. The molecule has 0 saturated carbocycles. The van der Waals surface area contributed by atoms with Crippen LogP contribution in [0.15, 0.2) is 24.4 Å². The summed E-state index contributed by atoms with van der Waals surface area (Å²) in [6, 6.07) is 2.01. The van der Waals surface area contributed by atoms with Crippen LogP contribution in [0.2, 0.25) is 0 Å². The van der Waals surface area contributed by atoms with Crippen molar-refractivity contribution in [1.82, 2.24) is 4.90 Å². The Labute approximate surface area is 106 Å². The number of hydrogen-bond donors (Lipinski definition) is 0. The van der Waals surface area contributed by atoms with Crippen molar-refractivity contribution in [3.05, 3.63) is 24.4 Å². The minimum absolute atomic E-state index is 0.438. The largest absolute Gasteiger partial charge is 0.382 e. The average molecular weight is 238 g/mol. The highest BCUT2D eigenvalue weighted by Crippen LogP contribution is 2.10. The molecule has 0 unspecified atom stereocenters. The summed E-state index contributed by atoms with van der Waals surface area (Å²) < 4.78 is 5.25. The van der Waals surface area contributed by atoms with Crippen LogP contribution < -0.4 is 0 Å². The molecule has 0 atom stereocenters. The molecule has 98 valence electrons. The fourth-order valence-corrected chi connectivity index (χ4v) is 1.24. The first kappa shape index (κ1) is 18.1. The zero-order valence-corrected chi connectivity index (χ0v) is 11.8. The smallest absolute Gasteiger partial charge is 0.101 e. The minimum Gasteiger partial charge on any atom is -0.382 e. The van der Waals surface area contributed by atoms with Crippen LogP contribution >= 0.6 is 0 Å². The van der Waals surface area contributed by atoms with Gasteiger partial charge in [-0.2, -0.15) is 5.26 Å². The van der Waals surface area contributed by atoms with Gasteiger partial charge >= 0.3 is 0 Å². The Morgan fingerprint density at radius 2 is 1.88 bits per heavy atom. The van der Waals surface area contributed by atoms with Crippen molar-refractivity contribution in [2.45, 2.75) is 34.1 Å². The van der Waals surface area contributed by atoms with E-state index in [1.165, 1.54) is 0 Å². The normalized spacial score (nSPS) is 8.65. The zero-order chi connectivity index (χ0) is 13.7. The van der Waals surface area contributed by atoms with E-state index in [0.717, 1.165) is 38.4 Å². The third kappa shape index (κ3) is 8.53. The molecule has 0 saturated heterocycles. The summed E-state index contributed by atoms with van der Waals surface area (Å²) in [7, 11) is 0. The summed E-state index contributed by atoms with van der Waals surface area (Å²) in [6.07, 6.45) is 0.944. The van der Waals surface area contributed by atoms with E-state index >= 15 is 0 Å². The van der Waals surface area contributed by atoms with E-state index in [1.807, 2.05) is 38.7 Å². The van der Waals surface area contributed by atoms with Crippen LogP contribution in [-0.2, 0) is 4.74 Å². The third-order valence-electron chi connectivity index (χ3n) is 2.17. The SMILES string of the molecule is C=C(C#N)C(=C)N(CC)CCCOCC.CC. The highest BCUT2D eigenvalue weighted by Gasteiger charge is 2.07. The van der Waals surface area contributed by atoms with Crippen molar-refractivity contribution in [2.75, 3.05) is 26.3 Å². The third-order valence-corrected chi connectivity index (χ3v) is 2.17. The fraction of sp³-hybridized carbons (Fsp3) is 0.643. The van der Waals surface area contributed by atoms with Gasteiger partial charge in [-0.25, -0.2) is 0 Å². The molecule has 0 aromatic heterocycles. The van der Waals surface area contributed by atoms with Crippen LogP contribution in [0, 0.1) is 11.3 Å². The lowest BCUT2D eigenvalue weighted by Crippen LogP contribution is -2.25. The van der Waals surface area contributed by atoms with Crippen LogP contribution in [0.5, 0.6) is 0 Å². The molecule has 0 bridgehead atoms. The first-order valence-corrected chi connectivity index (χ1v) is 6.28. The maximum Gasteiger partial charge on any atom is 0.101 e. The van der Waals surface area contributed by atoms with E-state index in [1.54, 1.807) is 0 Å². The van der Waals surface area contributed by atoms with Crippen LogP contribution in [0.1, 0.15) is 34.1 Å². The molecule has 0 aliphatic carbocycles. The summed E-state index contributed by atoms with van der Waals surface area (Å²) >= 11 is 0. The maximum absolute atomic E-state index is 8.70. The molecule has 0 heterocycles. The second-order valence-electron chi connectivity index (χ2n) is 3.17. The minimum atomic E-state index is 0.438. The molecule has 0 aromatic carbocycles. The number of likely N-dealkylation sites (N-methyl/N-ethyl adjacent to an activating group) is 1. The first-order chi connectivity index (χ1) is 8.17.